The fraction of sp³-hybridized carbons (Fsp3) is 0.182. The number of pyridine rings is 1. The van der Waals surface area contributed by atoms with Gasteiger partial charge in [-0.3, -0.25) is 0 Å². The maximum absolute atomic E-state index is 11.8. The first-order valence-electron chi connectivity index (χ1n) is 5.05. The Balaban J connectivity index is 2.05. The average molecular weight is 328 g/mol. The number of nitrogens with two attached hydrogens (primary N) is 1. The Hall–Kier alpha value is -1.47. The minimum atomic E-state index is -0.455. The molecule has 0 aliphatic carbocycles. The van der Waals surface area contributed by atoms with Crippen molar-refractivity contribution in [1.82, 2.24) is 9.97 Å². The number of nitrogens with zero attached hydrogens (tertiary/aromatic N) is 2. The number of ether oxygens (including phenoxy) is 1. The van der Waals surface area contributed by atoms with E-state index in [0.29, 0.717) is 10.0 Å². The third kappa shape index (κ3) is 3.05. The standard InChI is InChI=1S/C11H10BrN3O2S/c1-6-5-18-10(15-6)4-17-11(16)7-2-9(13)14-3-8(7)12/h2-3,5H,4H2,1H3,(H2,13,14). The maximum Gasteiger partial charge on any atom is 0.339 e. The van der Waals surface area contributed by atoms with Crippen molar-refractivity contribution in [1.29, 1.82) is 0 Å². The highest BCUT2D eigenvalue weighted by Crippen LogP contribution is 2.19. The van der Waals surface area contributed by atoms with Crippen LogP contribution in [-0.4, -0.2) is 15.9 Å². The Morgan fingerprint density at radius 2 is 2.39 bits per heavy atom. The van der Waals surface area contributed by atoms with Crippen LogP contribution < -0.4 is 5.73 Å². The van der Waals surface area contributed by atoms with Gasteiger partial charge in [0.15, 0.2) is 0 Å². The molecule has 0 bridgehead atoms. The first-order chi connectivity index (χ1) is 8.56. The number of hydrogen-bond acceptors (Lipinski definition) is 6. The molecule has 0 fully saturated rings. The quantitative estimate of drug-likeness (QED) is 0.876. The summed E-state index contributed by atoms with van der Waals surface area (Å²) < 4.78 is 5.71. The number of rotatable bonds is 3. The third-order valence-electron chi connectivity index (χ3n) is 2.09. The van der Waals surface area contributed by atoms with E-state index in [-0.39, 0.29) is 12.4 Å². The predicted molar refractivity (Wildman–Crippen MR) is 72.3 cm³/mol. The summed E-state index contributed by atoms with van der Waals surface area (Å²) in [7, 11) is 0. The average Bonchev–Trinajstić information content (AvgIpc) is 2.75. The van der Waals surface area contributed by atoms with Crippen LogP contribution in [0.3, 0.4) is 0 Å². The fourth-order valence-corrected chi connectivity index (χ4v) is 2.35. The zero-order valence-electron chi connectivity index (χ0n) is 9.51. The highest BCUT2D eigenvalue weighted by molar-refractivity contribution is 9.10. The van der Waals surface area contributed by atoms with E-state index in [0.717, 1.165) is 10.7 Å². The fourth-order valence-electron chi connectivity index (χ4n) is 1.29. The number of thiazole rings is 1. The van der Waals surface area contributed by atoms with Crippen molar-refractivity contribution in [3.63, 3.8) is 0 Å². The number of aromatic nitrogens is 2. The summed E-state index contributed by atoms with van der Waals surface area (Å²) in [5, 5.41) is 2.67. The van der Waals surface area contributed by atoms with Gasteiger partial charge < -0.3 is 10.5 Å². The van der Waals surface area contributed by atoms with Crippen molar-refractivity contribution in [2.75, 3.05) is 5.73 Å². The number of carbonyl (C=O) groups excluding carboxylic acids is 1. The first kappa shape index (κ1) is 13.0. The Bertz CT molecular complexity index is 585. The number of anilines is 1. The van der Waals surface area contributed by atoms with E-state index >= 15 is 0 Å². The van der Waals surface area contributed by atoms with Crippen molar-refractivity contribution in [3.8, 4) is 0 Å². The number of carbonyl (C=O) groups is 1. The van der Waals surface area contributed by atoms with E-state index in [4.69, 9.17) is 10.5 Å². The van der Waals surface area contributed by atoms with E-state index in [1.54, 1.807) is 0 Å². The van der Waals surface area contributed by atoms with Crippen molar-refractivity contribution in [3.05, 3.63) is 38.4 Å². The minimum absolute atomic E-state index is 0.159. The van der Waals surface area contributed by atoms with Gasteiger partial charge in [-0.05, 0) is 28.9 Å². The SMILES string of the molecule is Cc1csc(COC(=O)c2cc(N)ncc2Br)n1. The number of esters is 1. The summed E-state index contributed by atoms with van der Waals surface area (Å²) >= 11 is 4.69. The molecule has 2 heterocycles. The van der Waals surface area contributed by atoms with Gasteiger partial charge in [-0.2, -0.15) is 0 Å². The van der Waals surface area contributed by atoms with Crippen LogP contribution in [0.15, 0.2) is 22.1 Å². The highest BCUT2D eigenvalue weighted by atomic mass is 79.9. The molecule has 0 unspecified atom stereocenters. The molecule has 0 aliphatic rings. The van der Waals surface area contributed by atoms with Crippen LogP contribution in [0.2, 0.25) is 0 Å². The molecule has 0 aliphatic heterocycles. The zero-order valence-corrected chi connectivity index (χ0v) is 11.9. The van der Waals surface area contributed by atoms with Gasteiger partial charge in [0.2, 0.25) is 0 Å². The Morgan fingerprint density at radius 3 is 3.06 bits per heavy atom. The summed E-state index contributed by atoms with van der Waals surface area (Å²) in [6.45, 7) is 2.05. The molecule has 0 amide bonds. The van der Waals surface area contributed by atoms with Gasteiger partial charge in [0, 0.05) is 17.3 Å². The van der Waals surface area contributed by atoms with E-state index in [9.17, 15) is 4.79 Å². The lowest BCUT2D eigenvalue weighted by Crippen LogP contribution is -2.07. The Kier molecular flexibility index (Phi) is 3.93. The van der Waals surface area contributed by atoms with Crippen LogP contribution in [0.1, 0.15) is 21.1 Å². The van der Waals surface area contributed by atoms with Crippen LogP contribution in [0.5, 0.6) is 0 Å². The Morgan fingerprint density at radius 1 is 1.61 bits per heavy atom. The largest absolute Gasteiger partial charge is 0.455 e. The van der Waals surface area contributed by atoms with Gasteiger partial charge in [-0.25, -0.2) is 14.8 Å². The second kappa shape index (κ2) is 5.45. The third-order valence-corrected chi connectivity index (χ3v) is 3.66. The normalized spacial score (nSPS) is 10.3. The van der Waals surface area contributed by atoms with E-state index in [1.165, 1.54) is 23.6 Å². The smallest absolute Gasteiger partial charge is 0.339 e. The van der Waals surface area contributed by atoms with Gasteiger partial charge in [0.25, 0.3) is 0 Å². The lowest BCUT2D eigenvalue weighted by molar-refractivity contribution is 0.0471. The van der Waals surface area contributed by atoms with Crippen molar-refractivity contribution >= 4 is 39.1 Å². The molecule has 7 heteroatoms. The molecule has 0 radical (unpaired) electrons. The van der Waals surface area contributed by atoms with Crippen molar-refractivity contribution < 1.29 is 9.53 Å². The van der Waals surface area contributed by atoms with E-state index in [1.807, 2.05) is 12.3 Å². The predicted octanol–water partition coefficient (Wildman–Crippen LogP) is 2.55. The minimum Gasteiger partial charge on any atom is -0.455 e. The van der Waals surface area contributed by atoms with Gasteiger partial charge in [-0.1, -0.05) is 0 Å². The molecule has 2 aromatic rings. The molecule has 0 atom stereocenters. The molecule has 0 spiro atoms. The molecular weight excluding hydrogens is 318 g/mol. The summed E-state index contributed by atoms with van der Waals surface area (Å²) in [5.41, 5.74) is 6.80. The lowest BCUT2D eigenvalue weighted by Gasteiger charge is -2.05. The van der Waals surface area contributed by atoms with Crippen LogP contribution in [0, 0.1) is 6.92 Å². The molecule has 2 N–H and O–H groups in total. The van der Waals surface area contributed by atoms with Crippen molar-refractivity contribution in [2.45, 2.75) is 13.5 Å². The summed E-state index contributed by atoms with van der Waals surface area (Å²) in [6, 6.07) is 1.47. The molecule has 94 valence electrons. The number of halogens is 1. The second-order valence-electron chi connectivity index (χ2n) is 3.55. The van der Waals surface area contributed by atoms with Gasteiger partial charge >= 0.3 is 5.97 Å². The number of nitrogen functional groups attached to an aromatic ring is 1. The maximum atomic E-state index is 11.8. The van der Waals surface area contributed by atoms with Crippen LogP contribution >= 0.6 is 27.3 Å². The molecule has 2 rings (SSSR count). The molecule has 0 saturated carbocycles. The van der Waals surface area contributed by atoms with Crippen LogP contribution in [0.4, 0.5) is 5.82 Å². The molecular formula is C11H10BrN3O2S. The van der Waals surface area contributed by atoms with Gasteiger partial charge in [0.1, 0.15) is 17.4 Å². The zero-order chi connectivity index (χ0) is 13.1. The Labute approximate surface area is 116 Å². The lowest BCUT2D eigenvalue weighted by atomic mass is 10.2. The summed E-state index contributed by atoms with van der Waals surface area (Å²) in [5.74, 6) is -0.181. The highest BCUT2D eigenvalue weighted by Gasteiger charge is 2.13. The monoisotopic (exact) mass is 327 g/mol. The second-order valence-corrected chi connectivity index (χ2v) is 5.34. The topological polar surface area (TPSA) is 78.1 Å². The molecule has 0 aromatic carbocycles. The number of aryl methyl sites for hydroxylation is 1. The van der Waals surface area contributed by atoms with Gasteiger partial charge in [-0.15, -0.1) is 11.3 Å². The van der Waals surface area contributed by atoms with Gasteiger partial charge in [0.05, 0.1) is 10.0 Å². The molecule has 0 saturated heterocycles. The van der Waals surface area contributed by atoms with Crippen LogP contribution in [0.25, 0.3) is 0 Å². The number of hydrogen-bond donors (Lipinski definition) is 1. The summed E-state index contributed by atoms with van der Waals surface area (Å²) in [6.07, 6.45) is 1.47. The molecule has 18 heavy (non-hydrogen) atoms. The molecule has 5 nitrogen and oxygen atoms in total. The van der Waals surface area contributed by atoms with Crippen molar-refractivity contribution in [2.24, 2.45) is 0 Å². The van der Waals surface area contributed by atoms with E-state index < -0.39 is 5.97 Å². The molecule has 2 aromatic heterocycles. The first-order valence-corrected chi connectivity index (χ1v) is 6.72. The van der Waals surface area contributed by atoms with Crippen LogP contribution in [-0.2, 0) is 11.3 Å². The van der Waals surface area contributed by atoms with E-state index in [2.05, 4.69) is 25.9 Å². The summed E-state index contributed by atoms with van der Waals surface area (Å²) in [4.78, 5) is 19.9.